The Morgan fingerprint density at radius 1 is 1.53 bits per heavy atom. The molecular formula is C10H12F2N2O4S. The lowest BCUT2D eigenvalue weighted by Gasteiger charge is -2.04. The van der Waals surface area contributed by atoms with Crippen molar-refractivity contribution in [2.75, 3.05) is 13.2 Å². The van der Waals surface area contributed by atoms with Crippen molar-refractivity contribution in [1.82, 2.24) is 10.3 Å². The second-order valence-corrected chi connectivity index (χ2v) is 4.37. The van der Waals surface area contributed by atoms with Gasteiger partial charge in [-0.05, 0) is 0 Å². The van der Waals surface area contributed by atoms with Crippen LogP contribution in [0.15, 0.2) is 5.38 Å². The molecule has 1 aromatic heterocycles. The minimum absolute atomic E-state index is 0.0378. The van der Waals surface area contributed by atoms with E-state index in [-0.39, 0.29) is 31.2 Å². The summed E-state index contributed by atoms with van der Waals surface area (Å²) in [5.74, 6) is -1.50. The zero-order valence-electron chi connectivity index (χ0n) is 9.77. The molecule has 0 bridgehead atoms. The monoisotopic (exact) mass is 294 g/mol. The number of alkyl halides is 2. The number of halogens is 2. The van der Waals surface area contributed by atoms with Crippen molar-refractivity contribution in [1.29, 1.82) is 0 Å². The van der Waals surface area contributed by atoms with Crippen molar-refractivity contribution in [3.63, 3.8) is 0 Å². The number of nitrogens with zero attached hydrogens (tertiary/aromatic N) is 1. The van der Waals surface area contributed by atoms with Crippen LogP contribution in [-0.4, -0.2) is 41.6 Å². The van der Waals surface area contributed by atoms with Gasteiger partial charge in [0, 0.05) is 11.8 Å². The van der Waals surface area contributed by atoms with Crippen molar-refractivity contribution >= 4 is 23.2 Å². The Balaban J connectivity index is 2.20. The molecule has 0 spiro atoms. The number of nitrogens with one attached hydrogen (secondary N) is 1. The minimum Gasteiger partial charge on any atom is -0.476 e. The van der Waals surface area contributed by atoms with Gasteiger partial charge in [0.15, 0.2) is 5.69 Å². The van der Waals surface area contributed by atoms with E-state index in [2.05, 4.69) is 15.0 Å². The summed E-state index contributed by atoms with van der Waals surface area (Å²) in [6, 6.07) is 0. The zero-order valence-corrected chi connectivity index (χ0v) is 10.6. The maximum Gasteiger partial charge on any atom is 0.355 e. The molecule has 9 heteroatoms. The Labute approximate surface area is 111 Å². The van der Waals surface area contributed by atoms with E-state index in [0.29, 0.717) is 5.01 Å². The molecule has 0 fully saturated rings. The first kappa shape index (κ1) is 15.4. The highest BCUT2D eigenvalue weighted by molar-refractivity contribution is 7.09. The van der Waals surface area contributed by atoms with Gasteiger partial charge in [0.2, 0.25) is 5.91 Å². The summed E-state index contributed by atoms with van der Waals surface area (Å²) in [5, 5.41) is 13.0. The zero-order chi connectivity index (χ0) is 14.3. The average Bonchev–Trinajstić information content (AvgIpc) is 2.81. The molecule has 19 heavy (non-hydrogen) atoms. The van der Waals surface area contributed by atoms with Crippen molar-refractivity contribution in [2.24, 2.45) is 0 Å². The fourth-order valence-electron chi connectivity index (χ4n) is 1.09. The molecule has 106 valence electrons. The van der Waals surface area contributed by atoms with E-state index < -0.39 is 19.0 Å². The fraction of sp³-hybridized carbons (Fsp3) is 0.500. The number of hydrogen-bond acceptors (Lipinski definition) is 5. The topological polar surface area (TPSA) is 88.5 Å². The first-order valence-corrected chi connectivity index (χ1v) is 6.17. The maximum atomic E-state index is 11.7. The van der Waals surface area contributed by atoms with Crippen LogP contribution in [-0.2, 0) is 16.1 Å². The number of carbonyl (C=O) groups excluding carboxylic acids is 1. The molecule has 0 radical (unpaired) electrons. The number of ether oxygens (including phenoxy) is 1. The molecule has 0 saturated carbocycles. The van der Waals surface area contributed by atoms with Crippen LogP contribution in [0.1, 0.15) is 21.9 Å². The van der Waals surface area contributed by atoms with E-state index >= 15 is 0 Å². The smallest absolute Gasteiger partial charge is 0.355 e. The molecule has 0 aromatic carbocycles. The lowest BCUT2D eigenvalue weighted by molar-refractivity contribution is -0.122. The number of aromatic nitrogens is 1. The van der Waals surface area contributed by atoms with Crippen LogP contribution >= 0.6 is 11.3 Å². The van der Waals surface area contributed by atoms with E-state index in [9.17, 15) is 18.4 Å². The largest absolute Gasteiger partial charge is 0.476 e. The molecule has 6 nitrogen and oxygen atoms in total. The summed E-state index contributed by atoms with van der Waals surface area (Å²) in [4.78, 5) is 25.6. The number of carbonyl (C=O) groups is 2. The van der Waals surface area contributed by atoms with Crippen LogP contribution in [0.3, 0.4) is 0 Å². The van der Waals surface area contributed by atoms with Gasteiger partial charge in [-0.1, -0.05) is 0 Å². The molecule has 0 atom stereocenters. The first-order valence-electron chi connectivity index (χ1n) is 5.29. The van der Waals surface area contributed by atoms with Gasteiger partial charge in [-0.25, -0.2) is 18.6 Å². The molecule has 2 N–H and O–H groups in total. The number of rotatable bonds is 8. The predicted molar refractivity (Wildman–Crippen MR) is 62.4 cm³/mol. The van der Waals surface area contributed by atoms with Crippen molar-refractivity contribution < 1.29 is 28.2 Å². The molecule has 0 aliphatic carbocycles. The van der Waals surface area contributed by atoms with E-state index in [4.69, 9.17) is 5.11 Å². The van der Waals surface area contributed by atoms with E-state index in [0.717, 1.165) is 11.3 Å². The third-order valence-corrected chi connectivity index (χ3v) is 2.77. The highest BCUT2D eigenvalue weighted by atomic mass is 32.1. The van der Waals surface area contributed by atoms with Crippen LogP contribution in [0.2, 0.25) is 0 Å². The number of carboxylic acid groups (broad SMARTS) is 1. The lowest BCUT2D eigenvalue weighted by atomic mass is 10.4. The van der Waals surface area contributed by atoms with Crippen LogP contribution in [0, 0.1) is 0 Å². The quantitative estimate of drug-likeness (QED) is 0.702. The van der Waals surface area contributed by atoms with Gasteiger partial charge in [0.25, 0.3) is 6.43 Å². The molecular weight excluding hydrogens is 282 g/mol. The third-order valence-electron chi connectivity index (χ3n) is 1.92. The normalized spacial score (nSPS) is 10.7. The number of thiazole rings is 1. The van der Waals surface area contributed by atoms with Crippen LogP contribution < -0.4 is 5.32 Å². The SMILES string of the molecule is O=C(CCOCC(F)F)NCc1nc(C(=O)O)cs1. The van der Waals surface area contributed by atoms with Gasteiger partial charge in [-0.3, -0.25) is 4.79 Å². The minimum atomic E-state index is -2.55. The molecule has 1 heterocycles. The molecule has 1 aromatic rings. The van der Waals surface area contributed by atoms with Gasteiger partial charge in [0.05, 0.1) is 13.2 Å². The lowest BCUT2D eigenvalue weighted by Crippen LogP contribution is -2.24. The molecule has 1 rings (SSSR count). The van der Waals surface area contributed by atoms with Crippen LogP contribution in [0.4, 0.5) is 8.78 Å². The summed E-state index contributed by atoms with van der Waals surface area (Å²) in [6.07, 6.45) is -2.59. The van der Waals surface area contributed by atoms with Crippen molar-refractivity contribution in [2.45, 2.75) is 19.4 Å². The first-order chi connectivity index (χ1) is 8.99. The van der Waals surface area contributed by atoms with Crippen LogP contribution in [0.25, 0.3) is 0 Å². The Morgan fingerprint density at radius 2 is 2.26 bits per heavy atom. The number of hydrogen-bond donors (Lipinski definition) is 2. The highest BCUT2D eigenvalue weighted by Gasteiger charge is 2.09. The Morgan fingerprint density at radius 3 is 2.84 bits per heavy atom. The number of aromatic carboxylic acids is 1. The Kier molecular flexibility index (Phi) is 6.30. The van der Waals surface area contributed by atoms with Crippen LogP contribution in [0.5, 0.6) is 0 Å². The summed E-state index contributed by atoms with van der Waals surface area (Å²) in [7, 11) is 0. The van der Waals surface area contributed by atoms with Gasteiger partial charge in [0.1, 0.15) is 11.6 Å². The van der Waals surface area contributed by atoms with Gasteiger partial charge in [-0.2, -0.15) is 0 Å². The summed E-state index contributed by atoms with van der Waals surface area (Å²) in [5.41, 5.74) is -0.0745. The summed E-state index contributed by atoms with van der Waals surface area (Å²) in [6.45, 7) is -0.679. The standard InChI is InChI=1S/C10H12F2N2O4S/c11-7(12)4-18-2-1-8(15)13-3-9-14-6(5-19-9)10(16)17/h5,7H,1-4H2,(H,13,15)(H,16,17). The van der Waals surface area contributed by atoms with Gasteiger partial charge < -0.3 is 15.2 Å². The fourth-order valence-corrected chi connectivity index (χ4v) is 1.80. The van der Waals surface area contributed by atoms with Crippen molar-refractivity contribution in [3.8, 4) is 0 Å². The molecule has 1 amide bonds. The van der Waals surface area contributed by atoms with Gasteiger partial charge >= 0.3 is 5.97 Å². The predicted octanol–water partition coefficient (Wildman–Crippen LogP) is 1.13. The van der Waals surface area contributed by atoms with E-state index in [1.807, 2.05) is 0 Å². The Hall–Kier alpha value is -1.61. The molecule has 0 aliphatic heterocycles. The van der Waals surface area contributed by atoms with Crippen molar-refractivity contribution in [3.05, 3.63) is 16.1 Å². The van der Waals surface area contributed by atoms with E-state index in [1.54, 1.807) is 0 Å². The number of carboxylic acids is 1. The summed E-state index contributed by atoms with van der Waals surface area (Å²) >= 11 is 1.12. The third kappa shape index (κ3) is 6.20. The summed E-state index contributed by atoms with van der Waals surface area (Å²) < 4.78 is 28.0. The Bertz CT molecular complexity index is 439. The van der Waals surface area contributed by atoms with Gasteiger partial charge in [-0.15, -0.1) is 11.3 Å². The average molecular weight is 294 g/mol. The molecule has 0 aliphatic rings. The molecule has 0 saturated heterocycles. The highest BCUT2D eigenvalue weighted by Crippen LogP contribution is 2.09. The number of amides is 1. The van der Waals surface area contributed by atoms with E-state index in [1.165, 1.54) is 5.38 Å². The second kappa shape index (κ2) is 7.74. The second-order valence-electron chi connectivity index (χ2n) is 3.42. The molecule has 0 unspecified atom stereocenters. The maximum absolute atomic E-state index is 11.7.